The highest BCUT2D eigenvalue weighted by Gasteiger charge is 2.25. The highest BCUT2D eigenvalue weighted by atomic mass is 16.6. The van der Waals surface area contributed by atoms with E-state index in [9.17, 15) is 0 Å². The lowest BCUT2D eigenvalue weighted by Gasteiger charge is -2.37. The van der Waals surface area contributed by atoms with E-state index in [4.69, 9.17) is 14.6 Å². The molecule has 2 heterocycles. The Morgan fingerprint density at radius 1 is 1.05 bits per heavy atom. The van der Waals surface area contributed by atoms with Crippen LogP contribution in [0.1, 0.15) is 0 Å². The quantitative estimate of drug-likeness (QED) is 0.866. The van der Waals surface area contributed by atoms with Crippen molar-refractivity contribution in [2.45, 2.75) is 6.10 Å². The molecule has 110 valence electrons. The molecular weight excluding hydrogens is 256 g/mol. The second-order valence-corrected chi connectivity index (χ2v) is 5.36. The van der Waals surface area contributed by atoms with Gasteiger partial charge in [0.05, 0.1) is 6.61 Å². The van der Waals surface area contributed by atoms with Gasteiger partial charge in [0.15, 0.2) is 11.5 Å². The molecule has 3 rings (SSSR count). The van der Waals surface area contributed by atoms with E-state index in [1.165, 1.54) is 0 Å². The van der Waals surface area contributed by atoms with Gasteiger partial charge in [0.2, 0.25) is 0 Å². The van der Waals surface area contributed by atoms with E-state index in [1.807, 2.05) is 24.3 Å². The number of benzene rings is 1. The molecule has 0 bridgehead atoms. The van der Waals surface area contributed by atoms with Crippen LogP contribution >= 0.6 is 0 Å². The molecule has 0 amide bonds. The zero-order valence-electron chi connectivity index (χ0n) is 11.7. The summed E-state index contributed by atoms with van der Waals surface area (Å²) in [5.74, 6) is 1.69. The first-order chi connectivity index (χ1) is 9.85. The van der Waals surface area contributed by atoms with E-state index >= 15 is 0 Å². The van der Waals surface area contributed by atoms with Gasteiger partial charge < -0.3 is 14.6 Å². The maximum absolute atomic E-state index is 8.95. The third-order valence-corrected chi connectivity index (χ3v) is 3.91. The molecule has 1 aromatic carbocycles. The van der Waals surface area contributed by atoms with Gasteiger partial charge in [-0.1, -0.05) is 12.1 Å². The summed E-state index contributed by atoms with van der Waals surface area (Å²) in [5, 5.41) is 8.95. The maximum atomic E-state index is 8.95. The second-order valence-electron chi connectivity index (χ2n) is 5.36. The van der Waals surface area contributed by atoms with Crippen LogP contribution in [-0.2, 0) is 0 Å². The Balaban J connectivity index is 1.48. The Bertz CT molecular complexity index is 433. The Kier molecular flexibility index (Phi) is 4.40. The Hall–Kier alpha value is -1.30. The molecule has 1 atom stereocenters. The number of ether oxygens (including phenoxy) is 2. The van der Waals surface area contributed by atoms with Gasteiger partial charge in [-0.25, -0.2) is 0 Å². The van der Waals surface area contributed by atoms with Crippen LogP contribution in [0.15, 0.2) is 24.3 Å². The molecule has 1 N–H and O–H groups in total. The number of nitrogens with zero attached hydrogens (tertiary/aromatic N) is 2. The Labute approximate surface area is 119 Å². The lowest BCUT2D eigenvalue weighted by molar-refractivity contribution is 0.0377. The molecule has 2 aliphatic rings. The van der Waals surface area contributed by atoms with Crippen molar-refractivity contribution in [1.82, 2.24) is 9.80 Å². The van der Waals surface area contributed by atoms with Crippen LogP contribution in [-0.4, -0.2) is 73.5 Å². The monoisotopic (exact) mass is 278 g/mol. The summed E-state index contributed by atoms with van der Waals surface area (Å²) in [5.41, 5.74) is 0. The summed E-state index contributed by atoms with van der Waals surface area (Å²) < 4.78 is 11.7. The van der Waals surface area contributed by atoms with Gasteiger partial charge >= 0.3 is 0 Å². The number of rotatable bonds is 4. The highest BCUT2D eigenvalue weighted by molar-refractivity contribution is 5.40. The Morgan fingerprint density at radius 3 is 2.50 bits per heavy atom. The lowest BCUT2D eigenvalue weighted by atomic mass is 10.2. The Morgan fingerprint density at radius 2 is 1.75 bits per heavy atom. The number of aliphatic hydroxyl groups is 1. The largest absolute Gasteiger partial charge is 0.486 e. The van der Waals surface area contributed by atoms with Crippen molar-refractivity contribution in [2.75, 3.05) is 52.5 Å². The molecule has 2 aliphatic heterocycles. The number of hydrogen-bond donors (Lipinski definition) is 1. The molecule has 1 unspecified atom stereocenters. The fourth-order valence-electron chi connectivity index (χ4n) is 2.78. The van der Waals surface area contributed by atoms with E-state index in [2.05, 4.69) is 9.80 Å². The minimum absolute atomic E-state index is 0.106. The summed E-state index contributed by atoms with van der Waals surface area (Å²) in [6.45, 7) is 6.65. The molecular formula is C15H22N2O3. The molecule has 5 heteroatoms. The van der Waals surface area contributed by atoms with Crippen LogP contribution in [0.4, 0.5) is 0 Å². The van der Waals surface area contributed by atoms with Crippen molar-refractivity contribution in [1.29, 1.82) is 0 Å². The molecule has 5 nitrogen and oxygen atoms in total. The molecule has 20 heavy (non-hydrogen) atoms. The van der Waals surface area contributed by atoms with E-state index < -0.39 is 0 Å². The molecule has 1 fully saturated rings. The SMILES string of the molecule is OCCN1CCN(CC2COc3ccccc3O2)CC1. The normalized spacial score (nSPS) is 23.8. The molecule has 0 saturated carbocycles. The second kappa shape index (κ2) is 6.43. The van der Waals surface area contributed by atoms with Crippen LogP contribution in [0.25, 0.3) is 0 Å². The summed E-state index contributed by atoms with van der Waals surface area (Å²) in [6, 6.07) is 7.83. The van der Waals surface area contributed by atoms with Gasteiger partial charge in [0, 0.05) is 39.3 Å². The van der Waals surface area contributed by atoms with Crippen LogP contribution in [0.3, 0.4) is 0 Å². The number of piperazine rings is 1. The van der Waals surface area contributed by atoms with Crippen LogP contribution in [0.5, 0.6) is 11.5 Å². The van der Waals surface area contributed by atoms with E-state index in [0.29, 0.717) is 6.61 Å². The van der Waals surface area contributed by atoms with Gasteiger partial charge in [-0.3, -0.25) is 9.80 Å². The fourth-order valence-corrected chi connectivity index (χ4v) is 2.78. The number of fused-ring (bicyclic) bond motifs is 1. The third-order valence-electron chi connectivity index (χ3n) is 3.91. The van der Waals surface area contributed by atoms with E-state index in [1.54, 1.807) is 0 Å². The van der Waals surface area contributed by atoms with Gasteiger partial charge in [0.1, 0.15) is 12.7 Å². The van der Waals surface area contributed by atoms with E-state index in [-0.39, 0.29) is 12.7 Å². The standard InChI is InChI=1S/C15H22N2O3/c18-10-9-16-5-7-17(8-6-16)11-13-12-19-14-3-1-2-4-15(14)20-13/h1-4,13,18H,5-12H2. The summed E-state index contributed by atoms with van der Waals surface area (Å²) >= 11 is 0. The van der Waals surface area contributed by atoms with Crippen LogP contribution < -0.4 is 9.47 Å². The summed E-state index contributed by atoms with van der Waals surface area (Å²) in [7, 11) is 0. The predicted molar refractivity (Wildman–Crippen MR) is 76.3 cm³/mol. The van der Waals surface area contributed by atoms with Crippen molar-refractivity contribution in [3.8, 4) is 11.5 Å². The van der Waals surface area contributed by atoms with Crippen molar-refractivity contribution < 1.29 is 14.6 Å². The number of aliphatic hydroxyl groups excluding tert-OH is 1. The smallest absolute Gasteiger partial charge is 0.161 e. The van der Waals surface area contributed by atoms with Crippen LogP contribution in [0, 0.1) is 0 Å². The predicted octanol–water partition coefficient (Wildman–Crippen LogP) is 0.436. The first-order valence-electron chi connectivity index (χ1n) is 7.29. The van der Waals surface area contributed by atoms with Crippen LogP contribution in [0.2, 0.25) is 0 Å². The molecule has 0 aliphatic carbocycles. The van der Waals surface area contributed by atoms with Gasteiger partial charge in [-0.05, 0) is 12.1 Å². The average molecular weight is 278 g/mol. The third kappa shape index (κ3) is 3.23. The van der Waals surface area contributed by atoms with Gasteiger partial charge in [0.25, 0.3) is 0 Å². The fraction of sp³-hybridized carbons (Fsp3) is 0.600. The van der Waals surface area contributed by atoms with Gasteiger partial charge in [-0.2, -0.15) is 0 Å². The van der Waals surface area contributed by atoms with Crippen molar-refractivity contribution in [3.05, 3.63) is 24.3 Å². The molecule has 1 saturated heterocycles. The summed E-state index contributed by atoms with van der Waals surface area (Å²) in [6.07, 6.45) is 0.106. The zero-order valence-corrected chi connectivity index (χ0v) is 11.7. The minimum Gasteiger partial charge on any atom is -0.486 e. The summed E-state index contributed by atoms with van der Waals surface area (Å²) in [4.78, 5) is 4.71. The lowest BCUT2D eigenvalue weighted by Crippen LogP contribution is -2.51. The highest BCUT2D eigenvalue weighted by Crippen LogP contribution is 2.31. The van der Waals surface area contributed by atoms with Crippen molar-refractivity contribution >= 4 is 0 Å². The van der Waals surface area contributed by atoms with Gasteiger partial charge in [-0.15, -0.1) is 0 Å². The molecule has 1 aromatic rings. The zero-order chi connectivity index (χ0) is 13.8. The molecule has 0 spiro atoms. The molecule has 0 aromatic heterocycles. The minimum atomic E-state index is 0.106. The molecule has 0 radical (unpaired) electrons. The first-order valence-corrected chi connectivity index (χ1v) is 7.29. The van der Waals surface area contributed by atoms with Crippen molar-refractivity contribution in [2.24, 2.45) is 0 Å². The van der Waals surface area contributed by atoms with Crippen molar-refractivity contribution in [3.63, 3.8) is 0 Å². The first kappa shape index (κ1) is 13.7. The number of hydrogen-bond acceptors (Lipinski definition) is 5. The van der Waals surface area contributed by atoms with E-state index in [0.717, 1.165) is 50.8 Å². The number of para-hydroxylation sites is 2. The maximum Gasteiger partial charge on any atom is 0.161 e. The number of β-amino-alcohol motifs (C(OH)–C–C–N with tert-alkyl or cyclic N) is 1. The topological polar surface area (TPSA) is 45.2 Å². The average Bonchev–Trinajstić information content (AvgIpc) is 2.49.